The van der Waals surface area contributed by atoms with E-state index in [9.17, 15) is 18.4 Å². The third-order valence-corrected chi connectivity index (χ3v) is 7.68. The van der Waals surface area contributed by atoms with Crippen LogP contribution >= 0.6 is 0 Å². The molecular formula is C34H33F2N3O3. The van der Waals surface area contributed by atoms with E-state index in [4.69, 9.17) is 10.5 Å². The summed E-state index contributed by atoms with van der Waals surface area (Å²) < 4.78 is 34.9. The number of ether oxygens (including phenoxy) is 1. The molecule has 8 heteroatoms. The molecule has 1 heterocycles. The van der Waals surface area contributed by atoms with Gasteiger partial charge in [0, 0.05) is 42.6 Å². The van der Waals surface area contributed by atoms with Crippen LogP contribution in [0.1, 0.15) is 41.7 Å². The van der Waals surface area contributed by atoms with Crippen LogP contribution in [0.4, 0.5) is 14.6 Å². The lowest BCUT2D eigenvalue weighted by molar-refractivity contribution is -0.155. The highest BCUT2D eigenvalue weighted by Crippen LogP contribution is 2.29. The predicted octanol–water partition coefficient (Wildman–Crippen LogP) is 5.38. The number of nitrogen functional groups attached to an aromatic ring is 1. The first-order chi connectivity index (χ1) is 20.0. The zero-order valence-electron chi connectivity index (χ0n) is 23.6. The number of rotatable bonds is 9. The van der Waals surface area contributed by atoms with Crippen LogP contribution in [0.3, 0.4) is 0 Å². The number of pyridine rings is 1. The van der Waals surface area contributed by atoms with Crippen molar-refractivity contribution in [1.82, 2.24) is 9.88 Å². The monoisotopic (exact) mass is 569 g/mol. The Hall–Kier alpha value is -4.56. The Balaban J connectivity index is 1.22. The lowest BCUT2D eigenvalue weighted by atomic mass is 9.99. The Bertz CT molecular complexity index is 1690. The standard InChI is InChI=1S/C34H33F2N3O3/c1-21(28-13-10-25(35)20-30(28)36)29-14-15-31(40)39(32(29)37)26-11-8-22(9-12-26)16-17-38-34(2,3)33(41)42-27-18-23-6-4-5-7-24(23)19-27/h4-15,20,27,38H,1,16-19,37H2,2-3H3. The number of fused-ring (bicyclic) bond motifs is 1. The van der Waals surface area contributed by atoms with Gasteiger partial charge in [-0.2, -0.15) is 0 Å². The molecule has 1 aromatic heterocycles. The number of nitrogens with one attached hydrogen (secondary N) is 1. The van der Waals surface area contributed by atoms with E-state index in [0.29, 0.717) is 24.2 Å². The fourth-order valence-electron chi connectivity index (χ4n) is 5.26. The predicted molar refractivity (Wildman–Crippen MR) is 160 cm³/mol. The number of anilines is 1. The second-order valence-corrected chi connectivity index (χ2v) is 11.1. The summed E-state index contributed by atoms with van der Waals surface area (Å²) in [4.78, 5) is 25.7. The molecule has 0 saturated carbocycles. The minimum Gasteiger partial charge on any atom is -0.460 e. The summed E-state index contributed by atoms with van der Waals surface area (Å²) in [6.07, 6.45) is 1.96. The molecule has 0 unspecified atom stereocenters. The van der Waals surface area contributed by atoms with Gasteiger partial charge in [-0.3, -0.25) is 14.2 Å². The fourth-order valence-corrected chi connectivity index (χ4v) is 5.26. The molecule has 216 valence electrons. The fraction of sp³-hybridized carbons (Fsp3) is 0.235. The Labute approximate surface area is 243 Å². The average Bonchev–Trinajstić information content (AvgIpc) is 3.36. The minimum absolute atomic E-state index is 0.0938. The van der Waals surface area contributed by atoms with Crippen LogP contribution in [0.5, 0.6) is 0 Å². The van der Waals surface area contributed by atoms with E-state index in [-0.39, 0.29) is 34.6 Å². The molecular weight excluding hydrogens is 536 g/mol. The normalized spacial score (nSPS) is 13.1. The van der Waals surface area contributed by atoms with Gasteiger partial charge in [-0.15, -0.1) is 0 Å². The van der Waals surface area contributed by atoms with Crippen molar-refractivity contribution < 1.29 is 18.3 Å². The number of halogens is 2. The molecule has 42 heavy (non-hydrogen) atoms. The van der Waals surface area contributed by atoms with E-state index in [1.165, 1.54) is 33.9 Å². The van der Waals surface area contributed by atoms with E-state index < -0.39 is 17.2 Å². The van der Waals surface area contributed by atoms with Gasteiger partial charge in [-0.25, -0.2) is 8.78 Å². The Kier molecular flexibility index (Phi) is 8.09. The number of carbonyl (C=O) groups excluding carboxylic acids is 1. The summed E-state index contributed by atoms with van der Waals surface area (Å²) in [5, 5.41) is 3.30. The lowest BCUT2D eigenvalue weighted by Gasteiger charge is -2.26. The molecule has 0 bridgehead atoms. The summed E-state index contributed by atoms with van der Waals surface area (Å²) in [5.74, 6) is -1.66. The molecule has 3 aromatic carbocycles. The second kappa shape index (κ2) is 11.7. The van der Waals surface area contributed by atoms with E-state index in [2.05, 4.69) is 24.0 Å². The number of benzene rings is 3. The Morgan fingerprint density at radius 1 is 1.00 bits per heavy atom. The van der Waals surface area contributed by atoms with Crippen LogP contribution < -0.4 is 16.6 Å². The van der Waals surface area contributed by atoms with Crippen LogP contribution in [-0.4, -0.2) is 28.7 Å². The van der Waals surface area contributed by atoms with Gasteiger partial charge >= 0.3 is 5.97 Å². The van der Waals surface area contributed by atoms with Gasteiger partial charge in [-0.1, -0.05) is 43.0 Å². The minimum atomic E-state index is -0.858. The summed E-state index contributed by atoms with van der Waals surface area (Å²) in [5.41, 5.74) is 9.82. The zero-order chi connectivity index (χ0) is 30.0. The molecule has 0 amide bonds. The van der Waals surface area contributed by atoms with Crippen molar-refractivity contribution in [2.75, 3.05) is 12.3 Å². The molecule has 1 aliphatic carbocycles. The molecule has 0 fully saturated rings. The molecule has 1 aliphatic rings. The molecule has 4 aromatic rings. The number of carbonyl (C=O) groups is 1. The number of hydrogen-bond acceptors (Lipinski definition) is 5. The van der Waals surface area contributed by atoms with Crippen molar-refractivity contribution in [2.24, 2.45) is 0 Å². The summed E-state index contributed by atoms with van der Waals surface area (Å²) in [7, 11) is 0. The maximum absolute atomic E-state index is 14.4. The maximum atomic E-state index is 14.4. The molecule has 0 saturated heterocycles. The van der Waals surface area contributed by atoms with Gasteiger partial charge < -0.3 is 15.8 Å². The van der Waals surface area contributed by atoms with Crippen molar-refractivity contribution in [3.8, 4) is 5.69 Å². The first-order valence-electron chi connectivity index (χ1n) is 13.8. The molecule has 6 nitrogen and oxygen atoms in total. The van der Waals surface area contributed by atoms with Gasteiger partial charge in [0.15, 0.2) is 0 Å². The average molecular weight is 570 g/mol. The van der Waals surface area contributed by atoms with Crippen LogP contribution in [0.25, 0.3) is 11.3 Å². The van der Waals surface area contributed by atoms with Crippen molar-refractivity contribution in [2.45, 2.75) is 44.8 Å². The van der Waals surface area contributed by atoms with E-state index >= 15 is 0 Å². The number of aromatic nitrogens is 1. The number of esters is 1. The first-order valence-corrected chi connectivity index (χ1v) is 13.8. The topological polar surface area (TPSA) is 86.3 Å². The molecule has 0 aliphatic heterocycles. The number of nitrogens with two attached hydrogens (primary N) is 1. The first kappa shape index (κ1) is 29.0. The van der Waals surface area contributed by atoms with Crippen LogP contribution in [0, 0.1) is 11.6 Å². The zero-order valence-corrected chi connectivity index (χ0v) is 23.6. The Morgan fingerprint density at radius 2 is 1.64 bits per heavy atom. The Morgan fingerprint density at radius 3 is 2.29 bits per heavy atom. The molecule has 0 atom stereocenters. The summed E-state index contributed by atoms with van der Waals surface area (Å²) in [6.45, 7) is 8.09. The van der Waals surface area contributed by atoms with Crippen molar-refractivity contribution >= 4 is 17.4 Å². The SMILES string of the molecule is C=C(c1ccc(F)cc1F)c1ccc(=O)n(-c2ccc(CCNC(C)(C)C(=O)OC3Cc4ccccc4C3)cc2)c1N. The third kappa shape index (κ3) is 6.04. The molecule has 5 rings (SSSR count). The van der Waals surface area contributed by atoms with E-state index in [1.54, 1.807) is 12.1 Å². The second-order valence-electron chi connectivity index (χ2n) is 11.1. The van der Waals surface area contributed by atoms with Crippen LogP contribution in [0.2, 0.25) is 0 Å². The highest BCUT2D eigenvalue weighted by atomic mass is 19.1. The molecule has 0 spiro atoms. The van der Waals surface area contributed by atoms with Gasteiger partial charge in [0.2, 0.25) is 0 Å². The molecule has 3 N–H and O–H groups in total. The van der Waals surface area contributed by atoms with Crippen LogP contribution in [-0.2, 0) is 28.8 Å². The van der Waals surface area contributed by atoms with Crippen LogP contribution in [0.15, 0.2) is 90.2 Å². The number of nitrogens with zero attached hydrogens (tertiary/aromatic N) is 1. The van der Waals surface area contributed by atoms with Crippen molar-refractivity contribution in [3.05, 3.63) is 135 Å². The highest BCUT2D eigenvalue weighted by Gasteiger charge is 2.33. The van der Waals surface area contributed by atoms with Gasteiger partial charge in [0.05, 0.1) is 5.69 Å². The smallest absolute Gasteiger partial charge is 0.326 e. The maximum Gasteiger partial charge on any atom is 0.326 e. The van der Waals surface area contributed by atoms with Gasteiger partial charge in [0.25, 0.3) is 5.56 Å². The summed E-state index contributed by atoms with van der Waals surface area (Å²) >= 11 is 0. The van der Waals surface area contributed by atoms with Gasteiger partial charge in [0.1, 0.15) is 29.1 Å². The van der Waals surface area contributed by atoms with Crippen molar-refractivity contribution in [3.63, 3.8) is 0 Å². The summed E-state index contributed by atoms with van der Waals surface area (Å²) in [6, 6.07) is 21.5. The van der Waals surface area contributed by atoms with Gasteiger partial charge in [-0.05, 0) is 72.9 Å². The quantitative estimate of drug-likeness (QED) is 0.265. The van der Waals surface area contributed by atoms with Crippen molar-refractivity contribution in [1.29, 1.82) is 0 Å². The largest absolute Gasteiger partial charge is 0.460 e. The lowest BCUT2D eigenvalue weighted by Crippen LogP contribution is -2.49. The third-order valence-electron chi connectivity index (χ3n) is 7.68. The number of hydrogen-bond donors (Lipinski definition) is 2. The highest BCUT2D eigenvalue weighted by molar-refractivity contribution is 5.83. The van der Waals surface area contributed by atoms with E-state index in [1.807, 2.05) is 38.1 Å². The van der Waals surface area contributed by atoms with E-state index in [0.717, 1.165) is 30.5 Å². The molecule has 0 radical (unpaired) electrons.